The largest absolute Gasteiger partial charge is 0.496 e. The summed E-state index contributed by atoms with van der Waals surface area (Å²) in [7, 11) is 3.08. The van der Waals surface area contributed by atoms with E-state index in [4.69, 9.17) is 14.5 Å². The number of benzene rings is 1. The van der Waals surface area contributed by atoms with Crippen LogP contribution in [-0.2, 0) is 15.1 Å². The van der Waals surface area contributed by atoms with Gasteiger partial charge in [0.05, 0.1) is 37.2 Å². The van der Waals surface area contributed by atoms with E-state index in [1.807, 2.05) is 18.2 Å². The molecule has 0 aromatic heterocycles. The van der Waals surface area contributed by atoms with Gasteiger partial charge in [-0.3, -0.25) is 14.7 Å². The van der Waals surface area contributed by atoms with Crippen molar-refractivity contribution in [1.82, 2.24) is 4.90 Å². The van der Waals surface area contributed by atoms with Gasteiger partial charge in [-0.15, -0.1) is 0 Å². The second-order valence-electron chi connectivity index (χ2n) is 7.92. The number of fused-ring (bicyclic) bond motifs is 5. The van der Waals surface area contributed by atoms with E-state index >= 15 is 0 Å². The van der Waals surface area contributed by atoms with Gasteiger partial charge < -0.3 is 14.6 Å². The van der Waals surface area contributed by atoms with Crippen LogP contribution in [0, 0.1) is 11.8 Å². The van der Waals surface area contributed by atoms with Crippen LogP contribution in [0.5, 0.6) is 5.75 Å². The highest BCUT2D eigenvalue weighted by Crippen LogP contribution is 2.51. The molecule has 0 saturated carbocycles. The number of rotatable bonds is 4. The Morgan fingerprint density at radius 3 is 2.89 bits per heavy atom. The molecule has 0 spiro atoms. The van der Waals surface area contributed by atoms with E-state index in [2.05, 4.69) is 11.8 Å². The van der Waals surface area contributed by atoms with Crippen molar-refractivity contribution in [2.45, 2.75) is 44.2 Å². The monoisotopic (exact) mass is 372 g/mol. The molecule has 0 radical (unpaired) electrons. The van der Waals surface area contributed by atoms with Crippen molar-refractivity contribution in [1.29, 1.82) is 0 Å². The summed E-state index contributed by atoms with van der Waals surface area (Å²) in [5.74, 6) is 1.25. The first-order chi connectivity index (χ1) is 13.0. The molecule has 0 bridgehead atoms. The molecule has 0 aliphatic carbocycles. The number of methoxy groups -OCH3 is 2. The third-order valence-electron chi connectivity index (χ3n) is 6.66. The molecular weight excluding hydrogens is 344 g/mol. The second kappa shape index (κ2) is 6.91. The van der Waals surface area contributed by atoms with Gasteiger partial charge in [-0.2, -0.15) is 0 Å². The number of hydrogen-bond donors (Lipinski definition) is 1. The van der Waals surface area contributed by atoms with Gasteiger partial charge in [0.25, 0.3) is 0 Å². The summed E-state index contributed by atoms with van der Waals surface area (Å²) in [5.41, 5.74) is 1.34. The van der Waals surface area contributed by atoms with E-state index in [-0.39, 0.29) is 17.9 Å². The minimum Gasteiger partial charge on any atom is -0.496 e. The molecule has 0 amide bonds. The zero-order valence-corrected chi connectivity index (χ0v) is 16.3. The van der Waals surface area contributed by atoms with Gasteiger partial charge in [-0.1, -0.05) is 19.4 Å². The van der Waals surface area contributed by atoms with Crippen LogP contribution < -0.4 is 4.74 Å². The molecule has 1 aromatic carbocycles. The van der Waals surface area contributed by atoms with Crippen LogP contribution in [0.3, 0.4) is 0 Å². The Labute approximate surface area is 160 Å². The van der Waals surface area contributed by atoms with Crippen molar-refractivity contribution in [2.75, 3.05) is 27.3 Å². The van der Waals surface area contributed by atoms with Crippen LogP contribution in [-0.4, -0.2) is 55.0 Å². The first kappa shape index (κ1) is 18.4. The highest BCUT2D eigenvalue weighted by atomic mass is 16.5. The highest BCUT2D eigenvalue weighted by Gasteiger charge is 2.53. The van der Waals surface area contributed by atoms with E-state index in [1.54, 1.807) is 7.11 Å². The molecule has 2 fully saturated rings. The lowest BCUT2D eigenvalue weighted by atomic mass is 9.71. The van der Waals surface area contributed by atoms with Gasteiger partial charge in [-0.05, 0) is 36.8 Å². The number of piperidine rings is 2. The molecule has 6 nitrogen and oxygen atoms in total. The molecule has 3 aliphatic rings. The summed E-state index contributed by atoms with van der Waals surface area (Å²) >= 11 is 0. The number of hydrogen-bond acceptors (Lipinski definition) is 6. The Bertz CT molecular complexity index is 777. The predicted octanol–water partition coefficient (Wildman–Crippen LogP) is 2.65. The molecule has 1 aromatic rings. The van der Waals surface area contributed by atoms with Crippen LogP contribution in [0.25, 0.3) is 0 Å². The maximum atomic E-state index is 11.9. The Hall–Kier alpha value is -1.92. The number of esters is 1. The standard InChI is InChI=1S/C21H28N2O4/c1-4-13-12-23-9-8-21(25)19-15(6-5-7-17(19)26-2)22-20(21)16(23)10-14(13)11-18(24)27-3/h5-7,13-14,16,25H,4,8-12H2,1-3H3/t13-,14-,16?,21+/m1/s1. The number of ether oxygens (including phenoxy) is 2. The number of carbonyl (C=O) groups is 1. The van der Waals surface area contributed by atoms with Crippen LogP contribution in [0.2, 0.25) is 0 Å². The molecule has 3 heterocycles. The summed E-state index contributed by atoms with van der Waals surface area (Å²) in [4.78, 5) is 19.2. The molecule has 27 heavy (non-hydrogen) atoms. The van der Waals surface area contributed by atoms with E-state index in [0.717, 1.165) is 42.9 Å². The topological polar surface area (TPSA) is 71.4 Å². The SMILES string of the molecule is CC[C@@H]1CN2CC[C@@]3(O)C(=Nc4cccc(OC)c43)C2C[C@@H]1CC(=O)OC. The zero-order chi connectivity index (χ0) is 19.2. The van der Waals surface area contributed by atoms with Gasteiger partial charge in [0, 0.05) is 19.5 Å². The Morgan fingerprint density at radius 1 is 1.37 bits per heavy atom. The average molecular weight is 372 g/mol. The minimum atomic E-state index is -1.07. The molecule has 146 valence electrons. The molecule has 6 heteroatoms. The smallest absolute Gasteiger partial charge is 0.305 e. The Balaban J connectivity index is 1.67. The first-order valence-electron chi connectivity index (χ1n) is 9.81. The fourth-order valence-electron chi connectivity index (χ4n) is 5.20. The van der Waals surface area contributed by atoms with Crippen molar-refractivity contribution in [3.05, 3.63) is 23.8 Å². The van der Waals surface area contributed by atoms with Crippen molar-refractivity contribution >= 4 is 17.4 Å². The van der Waals surface area contributed by atoms with E-state index < -0.39 is 5.60 Å². The number of nitrogens with zero attached hydrogens (tertiary/aromatic N) is 2. The second-order valence-corrected chi connectivity index (χ2v) is 7.92. The molecule has 3 aliphatic heterocycles. The molecule has 1 unspecified atom stereocenters. The molecule has 1 N–H and O–H groups in total. The Kier molecular flexibility index (Phi) is 4.72. The maximum Gasteiger partial charge on any atom is 0.305 e. The van der Waals surface area contributed by atoms with Crippen molar-refractivity contribution < 1.29 is 19.4 Å². The highest BCUT2D eigenvalue weighted by molar-refractivity contribution is 6.05. The van der Waals surface area contributed by atoms with Gasteiger partial charge in [-0.25, -0.2) is 0 Å². The van der Waals surface area contributed by atoms with Gasteiger partial charge >= 0.3 is 5.97 Å². The summed E-state index contributed by atoms with van der Waals surface area (Å²) in [5, 5.41) is 11.6. The molecule has 4 atom stereocenters. The molecule has 4 rings (SSSR count). The van der Waals surface area contributed by atoms with Gasteiger partial charge in [0.1, 0.15) is 11.4 Å². The summed E-state index contributed by atoms with van der Waals surface area (Å²) < 4.78 is 10.4. The fraction of sp³-hybridized carbons (Fsp3) is 0.619. The fourth-order valence-corrected chi connectivity index (χ4v) is 5.20. The lowest BCUT2D eigenvalue weighted by Crippen LogP contribution is -2.60. The predicted molar refractivity (Wildman–Crippen MR) is 102 cm³/mol. The van der Waals surface area contributed by atoms with Crippen molar-refractivity contribution in [3.63, 3.8) is 0 Å². The average Bonchev–Trinajstić information content (AvgIpc) is 3.00. The normalized spacial score (nSPS) is 32.1. The van der Waals surface area contributed by atoms with Crippen LogP contribution >= 0.6 is 0 Å². The van der Waals surface area contributed by atoms with Crippen molar-refractivity contribution in [3.8, 4) is 5.75 Å². The molecule has 2 saturated heterocycles. The van der Waals surface area contributed by atoms with E-state index in [0.29, 0.717) is 24.5 Å². The number of aliphatic imine (C=N–C) groups is 1. The van der Waals surface area contributed by atoms with Gasteiger partial charge in [0.2, 0.25) is 0 Å². The summed E-state index contributed by atoms with van der Waals surface area (Å²) in [6.45, 7) is 3.94. The van der Waals surface area contributed by atoms with Crippen LogP contribution in [0.15, 0.2) is 23.2 Å². The van der Waals surface area contributed by atoms with Crippen LogP contribution in [0.1, 0.15) is 38.2 Å². The van der Waals surface area contributed by atoms with E-state index in [1.165, 1.54) is 7.11 Å². The van der Waals surface area contributed by atoms with Crippen molar-refractivity contribution in [2.24, 2.45) is 16.8 Å². The van der Waals surface area contributed by atoms with Crippen LogP contribution in [0.4, 0.5) is 5.69 Å². The third kappa shape index (κ3) is 2.86. The first-order valence-corrected chi connectivity index (χ1v) is 9.81. The number of carbonyl (C=O) groups excluding carboxylic acids is 1. The summed E-state index contributed by atoms with van der Waals surface area (Å²) in [6.07, 6.45) is 2.91. The quantitative estimate of drug-likeness (QED) is 0.823. The van der Waals surface area contributed by atoms with Gasteiger partial charge in [0.15, 0.2) is 0 Å². The third-order valence-corrected chi connectivity index (χ3v) is 6.66. The minimum absolute atomic E-state index is 0.0540. The lowest BCUT2D eigenvalue weighted by molar-refractivity contribution is -0.143. The zero-order valence-electron chi connectivity index (χ0n) is 16.3. The molecular formula is C21H28N2O4. The number of aliphatic hydroxyl groups is 1. The lowest BCUT2D eigenvalue weighted by Gasteiger charge is -2.50. The maximum absolute atomic E-state index is 11.9. The summed E-state index contributed by atoms with van der Waals surface area (Å²) in [6, 6.07) is 5.79. The Morgan fingerprint density at radius 2 is 2.19 bits per heavy atom. The van der Waals surface area contributed by atoms with E-state index in [9.17, 15) is 9.90 Å².